The Hall–Kier alpha value is -2.15. The van der Waals surface area contributed by atoms with Crippen LogP contribution in [0.1, 0.15) is 43.2 Å². The summed E-state index contributed by atoms with van der Waals surface area (Å²) >= 11 is 0. The molecule has 0 aliphatic rings. The second kappa shape index (κ2) is 8.29. The fourth-order valence-corrected chi connectivity index (χ4v) is 2.53. The number of pyridine rings is 1. The average Bonchev–Trinajstić information content (AvgIpc) is 2.53. The largest absolute Gasteiger partial charge is 0.378 e. The van der Waals surface area contributed by atoms with Crippen molar-refractivity contribution in [2.75, 3.05) is 7.05 Å². The molecule has 2 rings (SSSR count). The summed E-state index contributed by atoms with van der Waals surface area (Å²) in [5, 5.41) is 9.67. The van der Waals surface area contributed by atoms with Crippen molar-refractivity contribution >= 4 is 0 Å². The molecule has 132 valence electrons. The molecule has 1 heterocycles. The van der Waals surface area contributed by atoms with Crippen LogP contribution in [0.15, 0.2) is 42.6 Å². The van der Waals surface area contributed by atoms with Crippen LogP contribution in [0.3, 0.4) is 0 Å². The number of rotatable bonds is 5. The van der Waals surface area contributed by atoms with Crippen molar-refractivity contribution in [2.45, 2.75) is 52.3 Å². The van der Waals surface area contributed by atoms with Crippen molar-refractivity contribution in [3.05, 3.63) is 65.0 Å². The molecule has 1 atom stereocenters. The number of aromatic nitrogens is 1. The van der Waals surface area contributed by atoms with Gasteiger partial charge in [-0.05, 0) is 70.1 Å². The van der Waals surface area contributed by atoms with E-state index in [-0.39, 0.29) is 0 Å². The van der Waals surface area contributed by atoms with Gasteiger partial charge in [0.25, 0.3) is 0 Å². The molecule has 0 aliphatic heterocycles. The van der Waals surface area contributed by atoms with E-state index in [0.29, 0.717) is 6.04 Å². The summed E-state index contributed by atoms with van der Waals surface area (Å²) in [7, 11) is 2.14. The van der Waals surface area contributed by atoms with Crippen molar-refractivity contribution in [3.63, 3.8) is 0 Å². The Morgan fingerprint density at radius 1 is 1.20 bits per heavy atom. The SMILES string of the molecule is Cc1ccnc(C[C@H](C)N(C)Cc2ccc(C#CC(C)(C)O)cc2)c1. The predicted octanol–water partition coefficient (Wildman–Crippen LogP) is 3.58. The number of benzene rings is 1. The molecule has 0 amide bonds. The quantitative estimate of drug-likeness (QED) is 0.848. The lowest BCUT2D eigenvalue weighted by Gasteiger charge is -2.24. The Morgan fingerprint density at radius 2 is 1.88 bits per heavy atom. The van der Waals surface area contributed by atoms with Crippen molar-refractivity contribution in [1.82, 2.24) is 9.88 Å². The van der Waals surface area contributed by atoms with Crippen LogP contribution in [0.25, 0.3) is 0 Å². The highest BCUT2D eigenvalue weighted by atomic mass is 16.3. The summed E-state index contributed by atoms with van der Waals surface area (Å²) in [4.78, 5) is 6.79. The Balaban J connectivity index is 1.95. The van der Waals surface area contributed by atoms with Gasteiger partial charge in [0, 0.05) is 36.5 Å². The van der Waals surface area contributed by atoms with E-state index in [4.69, 9.17) is 0 Å². The van der Waals surface area contributed by atoms with Crippen molar-refractivity contribution < 1.29 is 5.11 Å². The van der Waals surface area contributed by atoms with E-state index < -0.39 is 5.60 Å². The number of likely N-dealkylation sites (N-methyl/N-ethyl adjacent to an activating group) is 1. The van der Waals surface area contributed by atoms with Crippen LogP contribution < -0.4 is 0 Å². The zero-order valence-corrected chi connectivity index (χ0v) is 15.9. The van der Waals surface area contributed by atoms with Crippen LogP contribution in [0.5, 0.6) is 0 Å². The third kappa shape index (κ3) is 6.70. The molecule has 3 heteroatoms. The highest BCUT2D eigenvalue weighted by Gasteiger charge is 2.11. The molecule has 0 saturated carbocycles. The van der Waals surface area contributed by atoms with Crippen molar-refractivity contribution in [1.29, 1.82) is 0 Å². The summed E-state index contributed by atoms with van der Waals surface area (Å²) in [5.41, 5.74) is 3.60. The molecule has 0 bridgehead atoms. The van der Waals surface area contributed by atoms with E-state index in [9.17, 15) is 5.11 Å². The van der Waals surface area contributed by atoms with Gasteiger partial charge in [-0.2, -0.15) is 0 Å². The van der Waals surface area contributed by atoms with Gasteiger partial charge >= 0.3 is 0 Å². The second-order valence-electron chi connectivity index (χ2n) is 7.30. The lowest BCUT2D eigenvalue weighted by Crippen LogP contribution is -2.30. The van der Waals surface area contributed by atoms with Gasteiger partial charge in [-0.3, -0.25) is 9.88 Å². The molecule has 2 aromatic rings. The molecule has 3 nitrogen and oxygen atoms in total. The van der Waals surface area contributed by atoms with Crippen molar-refractivity contribution in [2.24, 2.45) is 0 Å². The molecule has 25 heavy (non-hydrogen) atoms. The van der Waals surface area contributed by atoms with Crippen molar-refractivity contribution in [3.8, 4) is 11.8 Å². The van der Waals surface area contributed by atoms with Crippen LogP contribution in [0, 0.1) is 18.8 Å². The molecule has 1 aromatic heterocycles. The molecule has 0 saturated heterocycles. The Labute approximate surface area is 151 Å². The summed E-state index contributed by atoms with van der Waals surface area (Å²) < 4.78 is 0. The summed E-state index contributed by atoms with van der Waals surface area (Å²) in [5.74, 6) is 5.84. The Kier molecular flexibility index (Phi) is 6.36. The van der Waals surface area contributed by atoms with Crippen LogP contribution in [0.4, 0.5) is 0 Å². The smallest absolute Gasteiger partial charge is 0.120 e. The van der Waals surface area contributed by atoms with E-state index >= 15 is 0 Å². The second-order valence-corrected chi connectivity index (χ2v) is 7.30. The number of aliphatic hydroxyl groups is 1. The van der Waals surface area contributed by atoms with E-state index in [1.165, 1.54) is 11.1 Å². The monoisotopic (exact) mass is 336 g/mol. The van der Waals surface area contributed by atoms with Crippen LogP contribution in [-0.4, -0.2) is 33.7 Å². The highest BCUT2D eigenvalue weighted by molar-refractivity contribution is 5.37. The van der Waals surface area contributed by atoms with Crippen LogP contribution >= 0.6 is 0 Å². The lowest BCUT2D eigenvalue weighted by molar-refractivity contribution is 0.143. The van der Waals surface area contributed by atoms with Gasteiger partial charge in [-0.25, -0.2) is 0 Å². The predicted molar refractivity (Wildman–Crippen MR) is 103 cm³/mol. The maximum atomic E-state index is 9.67. The summed E-state index contributed by atoms with van der Waals surface area (Å²) in [6, 6.07) is 12.8. The van der Waals surface area contributed by atoms with Gasteiger partial charge in [0.05, 0.1) is 0 Å². The first-order valence-corrected chi connectivity index (χ1v) is 8.69. The first kappa shape index (κ1) is 19.2. The molecule has 0 spiro atoms. The average molecular weight is 336 g/mol. The maximum Gasteiger partial charge on any atom is 0.120 e. The van der Waals surface area contributed by atoms with E-state index in [1.54, 1.807) is 13.8 Å². The number of aryl methyl sites for hydroxylation is 1. The molecule has 1 N–H and O–H groups in total. The number of nitrogens with zero attached hydrogens (tertiary/aromatic N) is 2. The molecule has 0 aliphatic carbocycles. The molecule has 1 aromatic carbocycles. The molecule has 0 radical (unpaired) electrons. The molecular formula is C22H28N2O. The zero-order valence-electron chi connectivity index (χ0n) is 15.9. The van der Waals surface area contributed by atoms with Gasteiger partial charge in [0.1, 0.15) is 5.60 Å². The molecule has 0 fully saturated rings. The third-order valence-corrected chi connectivity index (χ3v) is 4.13. The third-order valence-electron chi connectivity index (χ3n) is 4.13. The standard InChI is InChI=1S/C22H28N2O/c1-17-11-13-23-21(14-17)15-18(2)24(5)16-20-8-6-19(7-9-20)10-12-22(3,4)25/h6-9,11,13-14,18,25H,15-16H2,1-5H3/t18-/m0/s1. The summed E-state index contributed by atoms with van der Waals surface area (Å²) in [6.07, 6.45) is 2.82. The van der Waals surface area contributed by atoms with Gasteiger partial charge in [0.15, 0.2) is 0 Å². The van der Waals surface area contributed by atoms with Gasteiger partial charge in [0.2, 0.25) is 0 Å². The fraction of sp³-hybridized carbons (Fsp3) is 0.409. The van der Waals surface area contributed by atoms with Gasteiger partial charge in [-0.15, -0.1) is 0 Å². The van der Waals surface area contributed by atoms with E-state index in [1.807, 2.05) is 24.4 Å². The first-order chi connectivity index (χ1) is 11.7. The van der Waals surface area contributed by atoms with Crippen LogP contribution in [-0.2, 0) is 13.0 Å². The normalized spacial score (nSPS) is 12.6. The lowest BCUT2D eigenvalue weighted by atomic mass is 10.1. The zero-order chi connectivity index (χ0) is 18.4. The van der Waals surface area contributed by atoms with Gasteiger partial charge < -0.3 is 5.11 Å². The summed E-state index contributed by atoms with van der Waals surface area (Å²) in [6.45, 7) is 8.59. The number of hydrogen-bond acceptors (Lipinski definition) is 3. The minimum Gasteiger partial charge on any atom is -0.378 e. The molecule has 0 unspecified atom stereocenters. The first-order valence-electron chi connectivity index (χ1n) is 8.69. The minimum atomic E-state index is -0.960. The van der Waals surface area contributed by atoms with Gasteiger partial charge in [-0.1, -0.05) is 24.0 Å². The van der Waals surface area contributed by atoms with Crippen LogP contribution in [0.2, 0.25) is 0 Å². The molecular weight excluding hydrogens is 308 g/mol. The minimum absolute atomic E-state index is 0.406. The topological polar surface area (TPSA) is 36.4 Å². The Bertz CT molecular complexity index is 748. The fourth-order valence-electron chi connectivity index (χ4n) is 2.53. The highest BCUT2D eigenvalue weighted by Crippen LogP contribution is 2.12. The van der Waals surface area contributed by atoms with E-state index in [2.05, 4.69) is 60.8 Å². The van der Waals surface area contributed by atoms with E-state index in [0.717, 1.165) is 24.2 Å². The Morgan fingerprint density at radius 3 is 2.48 bits per heavy atom. The number of hydrogen-bond donors (Lipinski definition) is 1. The maximum absolute atomic E-state index is 9.67.